The Bertz CT molecular complexity index is 763. The van der Waals surface area contributed by atoms with Crippen LogP contribution in [0, 0.1) is 0 Å². The molecule has 3 amide bonds. The Hall–Kier alpha value is -2.61. The Morgan fingerprint density at radius 1 is 1.31 bits per heavy atom. The summed E-state index contributed by atoms with van der Waals surface area (Å²) in [6.45, 7) is 1.79. The third-order valence-electron chi connectivity index (χ3n) is 4.17. The van der Waals surface area contributed by atoms with Crippen LogP contribution in [0.1, 0.15) is 22.6 Å². The van der Waals surface area contributed by atoms with E-state index in [9.17, 15) is 9.59 Å². The van der Waals surface area contributed by atoms with E-state index in [0.717, 1.165) is 23.4 Å². The predicted octanol–water partition coefficient (Wildman–Crippen LogP) is 3.02. The van der Waals surface area contributed by atoms with Crippen LogP contribution in [0.4, 0.5) is 14.7 Å². The van der Waals surface area contributed by atoms with Crippen molar-refractivity contribution in [1.29, 1.82) is 0 Å². The molecule has 2 heterocycles. The fourth-order valence-electron chi connectivity index (χ4n) is 2.80. The molecule has 2 aromatic rings. The van der Waals surface area contributed by atoms with Crippen molar-refractivity contribution in [2.24, 2.45) is 0 Å². The standard InChI is InChI=1S/C18H22N4O3S/c1-25-18(24)21-16-20-14-9-11-22(12-15(14)26-16)17(23)19-10-5-8-13-6-3-2-4-7-13/h2-4,6-7H,5,8-12H2,1H3,(H,19,23)(H,20,21,24). The maximum absolute atomic E-state index is 12.4. The predicted molar refractivity (Wildman–Crippen MR) is 100 cm³/mol. The van der Waals surface area contributed by atoms with Crippen molar-refractivity contribution in [3.05, 3.63) is 46.5 Å². The van der Waals surface area contributed by atoms with Crippen molar-refractivity contribution in [2.75, 3.05) is 25.5 Å². The highest BCUT2D eigenvalue weighted by atomic mass is 32.1. The second-order valence-electron chi connectivity index (χ2n) is 6.00. The third kappa shape index (κ3) is 4.72. The van der Waals surface area contributed by atoms with Crippen LogP contribution in [-0.2, 0) is 24.1 Å². The maximum atomic E-state index is 12.4. The molecule has 0 spiro atoms. The Morgan fingerprint density at radius 2 is 2.12 bits per heavy atom. The molecule has 138 valence electrons. The summed E-state index contributed by atoms with van der Waals surface area (Å²) < 4.78 is 4.57. The quantitative estimate of drug-likeness (QED) is 0.788. The molecule has 0 radical (unpaired) electrons. The second kappa shape index (κ2) is 8.66. The van der Waals surface area contributed by atoms with E-state index >= 15 is 0 Å². The molecule has 26 heavy (non-hydrogen) atoms. The number of aromatic nitrogens is 1. The minimum absolute atomic E-state index is 0.0559. The summed E-state index contributed by atoms with van der Waals surface area (Å²) in [6.07, 6.45) is 2.00. The zero-order chi connectivity index (χ0) is 18.4. The Morgan fingerprint density at radius 3 is 2.88 bits per heavy atom. The summed E-state index contributed by atoms with van der Waals surface area (Å²) in [5.41, 5.74) is 2.22. The number of hydrogen-bond acceptors (Lipinski definition) is 5. The highest BCUT2D eigenvalue weighted by molar-refractivity contribution is 7.15. The van der Waals surface area contributed by atoms with Crippen LogP contribution in [-0.4, -0.2) is 42.2 Å². The molecule has 7 nitrogen and oxygen atoms in total. The molecule has 0 bridgehead atoms. The Kier molecular flexibility index (Phi) is 6.06. The lowest BCUT2D eigenvalue weighted by Gasteiger charge is -2.26. The third-order valence-corrected chi connectivity index (χ3v) is 5.17. The van der Waals surface area contributed by atoms with E-state index in [2.05, 4.69) is 32.5 Å². The van der Waals surface area contributed by atoms with Crippen molar-refractivity contribution in [3.8, 4) is 0 Å². The minimum Gasteiger partial charge on any atom is -0.453 e. The summed E-state index contributed by atoms with van der Waals surface area (Å²) in [7, 11) is 1.31. The van der Waals surface area contributed by atoms with Gasteiger partial charge in [-0.25, -0.2) is 14.6 Å². The molecule has 0 saturated heterocycles. The SMILES string of the molecule is COC(=O)Nc1nc2c(s1)CN(C(=O)NCCCc1ccccc1)CC2. The van der Waals surface area contributed by atoms with Crippen LogP contribution in [0.2, 0.25) is 0 Å². The highest BCUT2D eigenvalue weighted by Crippen LogP contribution is 2.28. The monoisotopic (exact) mass is 374 g/mol. The van der Waals surface area contributed by atoms with Crippen molar-refractivity contribution >= 4 is 28.6 Å². The number of ether oxygens (including phenoxy) is 1. The lowest BCUT2D eigenvalue weighted by atomic mass is 10.1. The van der Waals surface area contributed by atoms with E-state index in [4.69, 9.17) is 0 Å². The molecule has 0 saturated carbocycles. The largest absolute Gasteiger partial charge is 0.453 e. The molecule has 8 heteroatoms. The molecule has 1 aromatic carbocycles. The van der Waals surface area contributed by atoms with Gasteiger partial charge < -0.3 is 15.0 Å². The van der Waals surface area contributed by atoms with Crippen LogP contribution >= 0.6 is 11.3 Å². The Labute approximate surface area is 156 Å². The van der Waals surface area contributed by atoms with Crippen molar-refractivity contribution in [1.82, 2.24) is 15.2 Å². The van der Waals surface area contributed by atoms with E-state index in [0.29, 0.717) is 31.2 Å². The van der Waals surface area contributed by atoms with Gasteiger partial charge in [-0.1, -0.05) is 41.7 Å². The topological polar surface area (TPSA) is 83.6 Å². The van der Waals surface area contributed by atoms with E-state index in [1.807, 2.05) is 18.2 Å². The van der Waals surface area contributed by atoms with Gasteiger partial charge in [0, 0.05) is 24.4 Å². The van der Waals surface area contributed by atoms with Gasteiger partial charge in [0.1, 0.15) is 0 Å². The number of benzene rings is 1. The van der Waals surface area contributed by atoms with Gasteiger partial charge in [0.25, 0.3) is 0 Å². The first-order valence-corrected chi connectivity index (χ1v) is 9.37. The fourth-order valence-corrected chi connectivity index (χ4v) is 3.81. The fraction of sp³-hybridized carbons (Fsp3) is 0.389. The number of carbonyl (C=O) groups excluding carboxylic acids is 2. The minimum atomic E-state index is -0.538. The number of urea groups is 1. The van der Waals surface area contributed by atoms with Crippen molar-refractivity contribution in [3.63, 3.8) is 0 Å². The summed E-state index contributed by atoms with van der Waals surface area (Å²) in [5, 5.41) is 6.07. The number of carbonyl (C=O) groups is 2. The normalized spacial score (nSPS) is 13.0. The van der Waals surface area contributed by atoms with Crippen molar-refractivity contribution in [2.45, 2.75) is 25.8 Å². The number of hydrogen-bond donors (Lipinski definition) is 2. The average molecular weight is 374 g/mol. The molecule has 1 aliphatic rings. The molecule has 1 aliphatic heterocycles. The molecule has 0 unspecified atom stereocenters. The van der Waals surface area contributed by atoms with E-state index < -0.39 is 6.09 Å². The molecular formula is C18H22N4O3S. The number of anilines is 1. The number of aryl methyl sites for hydroxylation is 1. The summed E-state index contributed by atoms with van der Waals surface area (Å²) in [4.78, 5) is 30.8. The molecular weight excluding hydrogens is 352 g/mol. The number of thiazole rings is 1. The molecule has 3 rings (SSSR count). The number of rotatable bonds is 5. The van der Waals surface area contributed by atoms with E-state index in [1.165, 1.54) is 24.0 Å². The van der Waals surface area contributed by atoms with Crippen LogP contribution in [0.3, 0.4) is 0 Å². The number of nitrogens with zero attached hydrogens (tertiary/aromatic N) is 2. The summed E-state index contributed by atoms with van der Waals surface area (Å²) in [6, 6.07) is 10.2. The summed E-state index contributed by atoms with van der Waals surface area (Å²) >= 11 is 1.38. The van der Waals surface area contributed by atoms with E-state index in [1.54, 1.807) is 4.90 Å². The first kappa shape index (κ1) is 18.2. The summed E-state index contributed by atoms with van der Waals surface area (Å²) in [5.74, 6) is 0. The molecule has 0 aliphatic carbocycles. The van der Waals surface area contributed by atoms with Gasteiger partial charge in [0.15, 0.2) is 5.13 Å². The maximum Gasteiger partial charge on any atom is 0.413 e. The number of amides is 3. The van der Waals surface area contributed by atoms with Gasteiger partial charge in [-0.3, -0.25) is 5.32 Å². The van der Waals surface area contributed by atoms with Gasteiger partial charge >= 0.3 is 12.1 Å². The van der Waals surface area contributed by atoms with Gasteiger partial charge in [0.2, 0.25) is 0 Å². The van der Waals surface area contributed by atoms with E-state index in [-0.39, 0.29) is 6.03 Å². The average Bonchev–Trinajstić information content (AvgIpc) is 3.07. The van der Waals surface area contributed by atoms with Crippen LogP contribution in [0.5, 0.6) is 0 Å². The first-order chi connectivity index (χ1) is 12.7. The lowest BCUT2D eigenvalue weighted by molar-refractivity contribution is 0.187. The van der Waals surface area contributed by atoms with Crippen LogP contribution in [0.15, 0.2) is 30.3 Å². The van der Waals surface area contributed by atoms with Gasteiger partial charge in [0.05, 0.1) is 19.3 Å². The number of nitrogens with one attached hydrogen (secondary N) is 2. The zero-order valence-corrected chi connectivity index (χ0v) is 15.5. The second-order valence-corrected chi connectivity index (χ2v) is 7.08. The van der Waals surface area contributed by atoms with Gasteiger partial charge in [-0.05, 0) is 18.4 Å². The Balaban J connectivity index is 1.45. The van der Waals surface area contributed by atoms with Crippen LogP contribution < -0.4 is 10.6 Å². The zero-order valence-electron chi connectivity index (χ0n) is 14.7. The first-order valence-electron chi connectivity index (χ1n) is 8.56. The smallest absolute Gasteiger partial charge is 0.413 e. The number of fused-ring (bicyclic) bond motifs is 1. The molecule has 0 fully saturated rings. The van der Waals surface area contributed by atoms with Gasteiger partial charge in [-0.2, -0.15) is 0 Å². The van der Waals surface area contributed by atoms with Crippen LogP contribution in [0.25, 0.3) is 0 Å². The molecule has 2 N–H and O–H groups in total. The number of methoxy groups -OCH3 is 1. The lowest BCUT2D eigenvalue weighted by Crippen LogP contribution is -2.42. The highest BCUT2D eigenvalue weighted by Gasteiger charge is 2.24. The molecule has 0 atom stereocenters. The van der Waals surface area contributed by atoms with Gasteiger partial charge in [-0.15, -0.1) is 0 Å². The van der Waals surface area contributed by atoms with Crippen molar-refractivity contribution < 1.29 is 14.3 Å². The molecule has 1 aromatic heterocycles.